The lowest BCUT2D eigenvalue weighted by Crippen LogP contribution is -2.27. The van der Waals surface area contributed by atoms with E-state index < -0.39 is 17.7 Å². The minimum atomic E-state index is -0.833. The lowest BCUT2D eigenvalue weighted by Gasteiger charge is -2.20. The van der Waals surface area contributed by atoms with Crippen molar-refractivity contribution >= 4 is 23.4 Å². The van der Waals surface area contributed by atoms with E-state index in [9.17, 15) is 9.59 Å². The second-order valence-corrected chi connectivity index (χ2v) is 8.88. The highest BCUT2D eigenvalue weighted by molar-refractivity contribution is 5.95. The van der Waals surface area contributed by atoms with Crippen LogP contribution in [0, 0.1) is 5.41 Å². The van der Waals surface area contributed by atoms with Gasteiger partial charge in [0, 0.05) is 50.7 Å². The number of nitrogens with one attached hydrogen (secondary N) is 3. The normalized spacial score (nSPS) is 11.0. The van der Waals surface area contributed by atoms with Crippen LogP contribution in [0.2, 0.25) is 0 Å². The molecule has 2 heterocycles. The van der Waals surface area contributed by atoms with E-state index in [-0.39, 0.29) is 30.1 Å². The van der Waals surface area contributed by atoms with Crippen LogP contribution in [0.5, 0.6) is 11.5 Å². The van der Waals surface area contributed by atoms with Crippen LogP contribution in [-0.2, 0) is 9.59 Å². The van der Waals surface area contributed by atoms with Gasteiger partial charge in [0.2, 0.25) is 0 Å². The van der Waals surface area contributed by atoms with Gasteiger partial charge in [-0.2, -0.15) is 0 Å². The van der Waals surface area contributed by atoms with Crippen molar-refractivity contribution in [1.82, 2.24) is 29.6 Å². The van der Waals surface area contributed by atoms with E-state index in [0.717, 1.165) is 11.6 Å². The Hall–Kier alpha value is -5.73. The summed E-state index contributed by atoms with van der Waals surface area (Å²) in [6, 6.07) is 13.0. The predicted octanol–water partition coefficient (Wildman–Crippen LogP) is 1.40. The van der Waals surface area contributed by atoms with Gasteiger partial charge in [0.05, 0.1) is 7.11 Å². The molecule has 0 saturated carbocycles. The number of aromatic amines is 1. The van der Waals surface area contributed by atoms with Gasteiger partial charge in [-0.3, -0.25) is 20.0 Å². The van der Waals surface area contributed by atoms with Crippen LogP contribution in [0.25, 0.3) is 5.95 Å². The quantitative estimate of drug-likeness (QED) is 0.134. The van der Waals surface area contributed by atoms with Crippen molar-refractivity contribution in [2.75, 3.05) is 33.1 Å². The van der Waals surface area contributed by atoms with Crippen LogP contribution in [-0.4, -0.2) is 80.3 Å². The number of hydrogen-bond donors (Lipinski definition) is 5. The van der Waals surface area contributed by atoms with Crippen molar-refractivity contribution in [2.45, 2.75) is 13.0 Å². The largest absolute Gasteiger partial charge is 0.497 e. The van der Waals surface area contributed by atoms with E-state index in [1.54, 1.807) is 62.6 Å². The SMILES string of the molecule is CC(=O)O.COc1cc(OCC(=O)N(C)C)cc([C@H](Nc2ccc(C(=N)N)cc2)c2nn(-c3ncccn3)c(=O)[nH]2)c1. The number of amidine groups is 1. The number of rotatable bonds is 10. The maximum atomic E-state index is 12.8. The van der Waals surface area contributed by atoms with Gasteiger partial charge in [0.1, 0.15) is 23.4 Å². The number of anilines is 1. The molecule has 0 fully saturated rings. The van der Waals surface area contributed by atoms with Gasteiger partial charge in [-0.25, -0.2) is 14.8 Å². The zero-order valence-electron chi connectivity index (χ0n) is 23.4. The second kappa shape index (κ2) is 14.1. The summed E-state index contributed by atoms with van der Waals surface area (Å²) in [4.78, 5) is 46.3. The number of aliphatic carboxylic acids is 1. The van der Waals surface area contributed by atoms with Gasteiger partial charge in [-0.15, -0.1) is 9.78 Å². The molecule has 0 spiro atoms. The molecule has 1 atom stereocenters. The van der Waals surface area contributed by atoms with Crippen LogP contribution in [0.4, 0.5) is 5.69 Å². The maximum absolute atomic E-state index is 12.8. The maximum Gasteiger partial charge on any atom is 0.350 e. The number of likely N-dealkylation sites (N-methyl/N-ethyl adjacent to an activating group) is 1. The number of H-pyrrole nitrogens is 1. The first-order valence-corrected chi connectivity index (χ1v) is 12.4. The number of hydrogen-bond acceptors (Lipinski definition) is 10. The smallest absolute Gasteiger partial charge is 0.350 e. The molecule has 15 nitrogen and oxygen atoms in total. The third-order valence-corrected chi connectivity index (χ3v) is 5.49. The molecule has 0 saturated heterocycles. The number of carbonyl (C=O) groups is 2. The van der Waals surface area contributed by atoms with Crippen molar-refractivity contribution in [3.63, 3.8) is 0 Å². The number of aromatic nitrogens is 5. The third-order valence-electron chi connectivity index (χ3n) is 5.49. The number of carboxylic acids is 1. The highest BCUT2D eigenvalue weighted by Crippen LogP contribution is 2.31. The number of methoxy groups -OCH3 is 1. The summed E-state index contributed by atoms with van der Waals surface area (Å²) in [6.45, 7) is 0.918. The van der Waals surface area contributed by atoms with Crippen molar-refractivity contribution in [1.29, 1.82) is 5.41 Å². The number of benzene rings is 2. The Kier molecular flexibility index (Phi) is 10.3. The van der Waals surface area contributed by atoms with Crippen molar-refractivity contribution in [2.24, 2.45) is 5.73 Å². The molecule has 2 aromatic heterocycles. The highest BCUT2D eigenvalue weighted by atomic mass is 16.5. The van der Waals surface area contributed by atoms with Gasteiger partial charge >= 0.3 is 5.69 Å². The Bertz CT molecular complexity index is 1580. The Morgan fingerprint density at radius 2 is 1.76 bits per heavy atom. The van der Waals surface area contributed by atoms with Gasteiger partial charge in [0.15, 0.2) is 12.4 Å². The standard InChI is InChI=1S/C25H27N9O4.C2H4O2/c1-33(2)20(35)14-38-19-12-16(11-18(13-19)37-3)21(30-17-7-5-15(6-8-17)22(26)27)23-31-25(36)34(32-23)24-28-9-4-10-29-24;1-2(3)4/h4-13,21,30H,14H2,1-3H3,(H3,26,27)(H,31,32,36);1H3,(H,3,4)/t21-;/m0./s1. The molecular weight excluding hydrogens is 546 g/mol. The van der Waals surface area contributed by atoms with Crippen LogP contribution in [0.15, 0.2) is 65.7 Å². The Morgan fingerprint density at radius 3 is 2.33 bits per heavy atom. The van der Waals surface area contributed by atoms with Gasteiger partial charge < -0.3 is 30.5 Å². The fourth-order valence-electron chi connectivity index (χ4n) is 3.46. The van der Waals surface area contributed by atoms with Crippen molar-refractivity contribution < 1.29 is 24.2 Å². The molecule has 0 bridgehead atoms. The van der Waals surface area contributed by atoms with E-state index in [0.29, 0.717) is 28.3 Å². The predicted molar refractivity (Wildman–Crippen MR) is 153 cm³/mol. The molecular formula is C27H31N9O6. The molecule has 1 amide bonds. The highest BCUT2D eigenvalue weighted by Gasteiger charge is 2.23. The van der Waals surface area contributed by atoms with Crippen molar-refractivity contribution in [3.05, 3.63) is 88.4 Å². The van der Waals surface area contributed by atoms with Gasteiger partial charge in [-0.05, 0) is 48.0 Å². The lowest BCUT2D eigenvalue weighted by atomic mass is 10.0. The lowest BCUT2D eigenvalue weighted by molar-refractivity contribution is -0.134. The number of nitrogens with two attached hydrogens (primary N) is 1. The minimum Gasteiger partial charge on any atom is -0.497 e. The first-order chi connectivity index (χ1) is 20.0. The van der Waals surface area contributed by atoms with Crippen LogP contribution < -0.4 is 26.2 Å². The van der Waals surface area contributed by atoms with E-state index >= 15 is 0 Å². The third kappa shape index (κ3) is 8.38. The number of amides is 1. The molecule has 6 N–H and O–H groups in total. The number of carbonyl (C=O) groups excluding carboxylic acids is 1. The summed E-state index contributed by atoms with van der Waals surface area (Å²) in [7, 11) is 4.80. The average molecular weight is 578 g/mol. The molecule has 0 aliphatic carbocycles. The van der Waals surface area contributed by atoms with Crippen LogP contribution >= 0.6 is 0 Å². The summed E-state index contributed by atoms with van der Waals surface area (Å²) >= 11 is 0. The molecule has 220 valence electrons. The number of nitrogen functional groups attached to an aromatic ring is 1. The molecule has 2 aromatic carbocycles. The molecule has 0 aliphatic rings. The molecule has 0 radical (unpaired) electrons. The summed E-state index contributed by atoms with van der Waals surface area (Å²) < 4.78 is 12.3. The summed E-state index contributed by atoms with van der Waals surface area (Å²) in [5.41, 5.74) is 6.91. The first-order valence-electron chi connectivity index (χ1n) is 12.4. The fraction of sp³-hybridized carbons (Fsp3) is 0.222. The molecule has 42 heavy (non-hydrogen) atoms. The number of ether oxygens (including phenoxy) is 2. The second-order valence-electron chi connectivity index (χ2n) is 8.88. The molecule has 0 aliphatic heterocycles. The van der Waals surface area contributed by atoms with Gasteiger partial charge in [-0.1, -0.05) is 0 Å². The average Bonchev–Trinajstić information content (AvgIpc) is 3.35. The van der Waals surface area contributed by atoms with Crippen molar-refractivity contribution in [3.8, 4) is 17.4 Å². The van der Waals surface area contributed by atoms with E-state index in [1.807, 2.05) is 0 Å². The monoisotopic (exact) mass is 577 g/mol. The molecule has 0 unspecified atom stereocenters. The zero-order chi connectivity index (χ0) is 30.8. The minimum absolute atomic E-state index is 0.0547. The van der Waals surface area contributed by atoms with E-state index in [1.165, 1.54) is 24.4 Å². The van der Waals surface area contributed by atoms with Crippen LogP contribution in [0.1, 0.15) is 29.9 Å². The molecule has 4 rings (SSSR count). The Balaban J connectivity index is 0.00000114. The number of nitrogens with zero attached hydrogens (tertiary/aromatic N) is 5. The fourth-order valence-corrected chi connectivity index (χ4v) is 3.46. The van der Waals surface area contributed by atoms with Gasteiger partial charge in [0.25, 0.3) is 17.8 Å². The van der Waals surface area contributed by atoms with Crippen LogP contribution in [0.3, 0.4) is 0 Å². The zero-order valence-corrected chi connectivity index (χ0v) is 23.4. The molecule has 15 heteroatoms. The van der Waals surface area contributed by atoms with E-state index in [2.05, 4.69) is 25.4 Å². The topological polar surface area (TPSA) is 214 Å². The first kappa shape index (κ1) is 30.8. The summed E-state index contributed by atoms with van der Waals surface area (Å²) in [5.74, 6) is 0.146. The molecule has 4 aromatic rings. The summed E-state index contributed by atoms with van der Waals surface area (Å²) in [5, 5.41) is 22.8. The number of carboxylic acid groups (broad SMARTS) is 1. The Morgan fingerprint density at radius 1 is 1.14 bits per heavy atom. The Labute approximate surface area is 240 Å². The summed E-state index contributed by atoms with van der Waals surface area (Å²) in [6.07, 6.45) is 3.02. The van der Waals surface area contributed by atoms with E-state index in [4.69, 9.17) is 30.5 Å².